The van der Waals surface area contributed by atoms with Crippen molar-refractivity contribution in [3.8, 4) is 0 Å². The Hall–Kier alpha value is -0.200. The number of rotatable bonds is 5. The van der Waals surface area contributed by atoms with Gasteiger partial charge in [0.05, 0.1) is 0 Å². The monoisotopic (exact) mass is 247 g/mol. The van der Waals surface area contributed by atoms with Crippen molar-refractivity contribution in [1.29, 1.82) is 0 Å². The third-order valence-electron chi connectivity index (χ3n) is 1.63. The van der Waals surface area contributed by atoms with Gasteiger partial charge in [0.2, 0.25) is 4.77 Å². The van der Waals surface area contributed by atoms with E-state index in [1.807, 2.05) is 0 Å². The molecule has 0 unspecified atom stereocenters. The lowest BCUT2D eigenvalue weighted by molar-refractivity contribution is 0.775. The van der Waals surface area contributed by atoms with Crippen molar-refractivity contribution in [2.75, 3.05) is 5.75 Å². The molecule has 1 heterocycles. The average Bonchev–Trinajstić information content (AvgIpc) is 2.11. The van der Waals surface area contributed by atoms with Crippen LogP contribution in [-0.4, -0.2) is 20.7 Å². The molecule has 0 radical (unpaired) electrons. The van der Waals surface area contributed by atoms with Crippen LogP contribution in [0.2, 0.25) is 0 Å². The van der Waals surface area contributed by atoms with E-state index in [-0.39, 0.29) is 0 Å². The van der Waals surface area contributed by atoms with E-state index in [4.69, 9.17) is 24.4 Å². The molecule has 78 valence electrons. The van der Waals surface area contributed by atoms with Crippen LogP contribution in [0.5, 0.6) is 0 Å². The molecule has 14 heavy (non-hydrogen) atoms. The average molecular weight is 247 g/mol. The van der Waals surface area contributed by atoms with Crippen molar-refractivity contribution < 1.29 is 0 Å². The zero-order valence-corrected chi connectivity index (χ0v) is 10.4. The zero-order chi connectivity index (χ0) is 10.4. The lowest BCUT2D eigenvalue weighted by Gasteiger charge is -1.99. The van der Waals surface area contributed by atoms with Gasteiger partial charge in [-0.3, -0.25) is 0 Å². The Morgan fingerprint density at radius 2 is 2.07 bits per heavy atom. The van der Waals surface area contributed by atoms with E-state index in [9.17, 15) is 0 Å². The second-order valence-corrected chi connectivity index (χ2v) is 4.74. The van der Waals surface area contributed by atoms with Gasteiger partial charge in [0.1, 0.15) is 0 Å². The zero-order valence-electron chi connectivity index (χ0n) is 8.00. The number of unbranched alkanes of at least 4 members (excludes halogenated alkanes) is 2. The molecule has 1 rings (SSSR count). The number of nitrogens with zero attached hydrogens (tertiary/aromatic N) is 1. The van der Waals surface area contributed by atoms with Crippen molar-refractivity contribution in [2.24, 2.45) is 0 Å². The van der Waals surface area contributed by atoms with E-state index >= 15 is 0 Å². The summed E-state index contributed by atoms with van der Waals surface area (Å²) in [5, 5.41) is 0.815. The fraction of sp³-hybridized carbons (Fsp3) is 0.625. The minimum absolute atomic E-state index is 0.451. The normalized spacial score (nSPS) is 10.4. The van der Waals surface area contributed by atoms with Gasteiger partial charge in [0.25, 0.3) is 0 Å². The predicted molar refractivity (Wildman–Crippen MR) is 64.9 cm³/mol. The summed E-state index contributed by atoms with van der Waals surface area (Å²) in [6.45, 7) is 2.19. The largest absolute Gasteiger partial charge is 0.311 e. The molecule has 0 aromatic carbocycles. The molecule has 2 N–H and O–H groups in total. The van der Waals surface area contributed by atoms with Crippen molar-refractivity contribution in [1.82, 2.24) is 15.0 Å². The maximum atomic E-state index is 4.96. The first-order valence-electron chi connectivity index (χ1n) is 4.56. The molecule has 0 saturated carbocycles. The maximum Gasteiger partial charge on any atom is 0.201 e. The van der Waals surface area contributed by atoms with Crippen LogP contribution in [0.25, 0.3) is 0 Å². The summed E-state index contributed by atoms with van der Waals surface area (Å²) in [6, 6.07) is 0. The first-order chi connectivity index (χ1) is 6.72. The van der Waals surface area contributed by atoms with Gasteiger partial charge < -0.3 is 9.97 Å². The van der Waals surface area contributed by atoms with Crippen molar-refractivity contribution in [2.45, 2.75) is 31.3 Å². The first-order valence-corrected chi connectivity index (χ1v) is 6.36. The molecular weight excluding hydrogens is 234 g/mol. The Kier molecular flexibility index (Phi) is 5.36. The van der Waals surface area contributed by atoms with E-state index in [0.717, 1.165) is 10.9 Å². The minimum Gasteiger partial charge on any atom is -0.311 e. The molecule has 0 spiro atoms. The van der Waals surface area contributed by atoms with Gasteiger partial charge in [0, 0.05) is 5.75 Å². The van der Waals surface area contributed by atoms with Gasteiger partial charge in [-0.1, -0.05) is 31.5 Å². The lowest BCUT2D eigenvalue weighted by atomic mass is 10.3. The van der Waals surface area contributed by atoms with Crippen molar-refractivity contribution in [3.63, 3.8) is 0 Å². The summed E-state index contributed by atoms with van der Waals surface area (Å²) in [7, 11) is 0. The second kappa shape index (κ2) is 6.31. The number of H-pyrrole nitrogens is 2. The number of hydrogen-bond donors (Lipinski definition) is 2. The predicted octanol–water partition coefficient (Wildman–Crippen LogP) is 3.48. The molecule has 0 fully saturated rings. The van der Waals surface area contributed by atoms with E-state index in [1.54, 1.807) is 11.8 Å². The summed E-state index contributed by atoms with van der Waals surface area (Å²) in [6.07, 6.45) is 3.70. The van der Waals surface area contributed by atoms with E-state index < -0.39 is 0 Å². The molecule has 1 aromatic heterocycles. The van der Waals surface area contributed by atoms with Gasteiger partial charge in [0.15, 0.2) is 9.93 Å². The van der Waals surface area contributed by atoms with Gasteiger partial charge in [-0.15, -0.1) is 0 Å². The highest BCUT2D eigenvalue weighted by Gasteiger charge is 1.95. The maximum absolute atomic E-state index is 4.96. The molecule has 0 aliphatic rings. The number of hydrogen-bond acceptors (Lipinski definition) is 4. The van der Waals surface area contributed by atoms with Crippen LogP contribution >= 0.6 is 36.2 Å². The van der Waals surface area contributed by atoms with Crippen LogP contribution in [0.3, 0.4) is 0 Å². The van der Waals surface area contributed by atoms with Crippen LogP contribution in [0.4, 0.5) is 0 Å². The van der Waals surface area contributed by atoms with E-state index in [2.05, 4.69) is 21.9 Å². The third-order valence-corrected chi connectivity index (χ3v) is 2.99. The summed E-state index contributed by atoms with van der Waals surface area (Å²) < 4.78 is 0.995. The summed E-state index contributed by atoms with van der Waals surface area (Å²) in [4.78, 5) is 9.86. The summed E-state index contributed by atoms with van der Waals surface area (Å²) >= 11 is 11.5. The fourth-order valence-corrected chi connectivity index (χ4v) is 2.41. The van der Waals surface area contributed by atoms with Crippen LogP contribution in [-0.2, 0) is 0 Å². The van der Waals surface area contributed by atoms with Gasteiger partial charge >= 0.3 is 0 Å². The Balaban J connectivity index is 2.51. The van der Waals surface area contributed by atoms with Crippen molar-refractivity contribution in [3.05, 3.63) is 9.54 Å². The molecular formula is C8H13N3S3. The summed E-state index contributed by atoms with van der Waals surface area (Å²) in [5.74, 6) is 1.06. The highest BCUT2D eigenvalue weighted by atomic mass is 32.2. The Morgan fingerprint density at radius 3 is 2.71 bits per heavy atom. The van der Waals surface area contributed by atoms with Gasteiger partial charge in [-0.2, -0.15) is 4.98 Å². The molecule has 3 nitrogen and oxygen atoms in total. The quantitative estimate of drug-likeness (QED) is 0.475. The Bertz CT molecular complexity index is 354. The molecule has 1 aromatic rings. The third kappa shape index (κ3) is 4.34. The smallest absolute Gasteiger partial charge is 0.201 e. The minimum atomic E-state index is 0.451. The Morgan fingerprint density at radius 1 is 1.29 bits per heavy atom. The SMILES string of the molecule is CCCCCSc1nc(=S)[nH]c(=S)[nH]1. The number of aromatic amines is 2. The molecule has 0 atom stereocenters. The molecule has 0 aliphatic heterocycles. The van der Waals surface area contributed by atoms with Gasteiger partial charge in [-0.25, -0.2) is 0 Å². The second-order valence-electron chi connectivity index (χ2n) is 2.86. The standard InChI is InChI=1S/C8H13N3S3/c1-2-3-4-5-14-8-10-6(12)9-7(13)11-8/h2-5H2,1H3,(H2,9,10,11,12,13). The first kappa shape index (κ1) is 11.9. The number of nitrogens with one attached hydrogen (secondary N) is 2. The van der Waals surface area contributed by atoms with E-state index in [0.29, 0.717) is 9.54 Å². The van der Waals surface area contributed by atoms with Crippen molar-refractivity contribution >= 4 is 36.2 Å². The molecule has 6 heteroatoms. The highest BCUT2D eigenvalue weighted by molar-refractivity contribution is 7.99. The highest BCUT2D eigenvalue weighted by Crippen LogP contribution is 2.13. The van der Waals surface area contributed by atoms with Crippen LogP contribution in [0.1, 0.15) is 26.2 Å². The van der Waals surface area contributed by atoms with Crippen LogP contribution in [0, 0.1) is 9.54 Å². The lowest BCUT2D eigenvalue weighted by Crippen LogP contribution is -1.92. The molecule has 0 saturated heterocycles. The molecule has 0 aliphatic carbocycles. The Labute approximate surface area is 97.8 Å². The van der Waals surface area contributed by atoms with Crippen LogP contribution < -0.4 is 0 Å². The van der Waals surface area contributed by atoms with E-state index in [1.165, 1.54) is 19.3 Å². The van der Waals surface area contributed by atoms with Crippen LogP contribution in [0.15, 0.2) is 5.16 Å². The number of thioether (sulfide) groups is 1. The fourth-order valence-electron chi connectivity index (χ4n) is 0.963. The molecule has 0 bridgehead atoms. The number of aromatic nitrogens is 3. The summed E-state index contributed by atoms with van der Waals surface area (Å²) in [5.41, 5.74) is 0. The topological polar surface area (TPSA) is 44.5 Å². The molecule has 0 amide bonds. The van der Waals surface area contributed by atoms with Gasteiger partial charge in [-0.05, 0) is 30.9 Å².